The number of carbonyl (C=O) groups is 2. The lowest BCUT2D eigenvalue weighted by Gasteiger charge is -2.33. The Morgan fingerprint density at radius 2 is 2.04 bits per heavy atom. The van der Waals surface area contributed by atoms with Crippen molar-refractivity contribution in [2.24, 2.45) is 0 Å². The van der Waals surface area contributed by atoms with Crippen LogP contribution in [0.25, 0.3) is 0 Å². The first-order valence-electron chi connectivity index (χ1n) is 7.99. The molecule has 1 aromatic heterocycles. The summed E-state index contributed by atoms with van der Waals surface area (Å²) in [6.07, 6.45) is 1.91. The van der Waals surface area contributed by atoms with E-state index in [1.165, 1.54) is 0 Å². The summed E-state index contributed by atoms with van der Waals surface area (Å²) >= 11 is 0. The fourth-order valence-electron chi connectivity index (χ4n) is 2.41. The maximum atomic E-state index is 11.9. The minimum Gasteiger partial charge on any atom is -0.450 e. The van der Waals surface area contributed by atoms with Gasteiger partial charge in [0, 0.05) is 45.3 Å². The van der Waals surface area contributed by atoms with Crippen LogP contribution >= 0.6 is 0 Å². The highest BCUT2D eigenvalue weighted by atomic mass is 16.6. The highest BCUT2D eigenvalue weighted by Gasteiger charge is 2.21. The van der Waals surface area contributed by atoms with Gasteiger partial charge in [0.1, 0.15) is 0 Å². The molecule has 0 aliphatic carbocycles. The molecule has 1 N–H and O–H groups in total. The van der Waals surface area contributed by atoms with Gasteiger partial charge in [0.25, 0.3) is 0 Å². The fourth-order valence-corrected chi connectivity index (χ4v) is 2.41. The van der Waals surface area contributed by atoms with Crippen LogP contribution in [0.2, 0.25) is 0 Å². The minimum absolute atomic E-state index is 0.0171. The number of aromatic nitrogens is 1. The average Bonchev–Trinajstić information content (AvgIpc) is 2.59. The molecule has 126 valence electrons. The molecule has 7 nitrogen and oxygen atoms in total. The molecule has 1 aliphatic rings. The van der Waals surface area contributed by atoms with Gasteiger partial charge in [-0.3, -0.25) is 14.7 Å². The zero-order chi connectivity index (χ0) is 16.5. The van der Waals surface area contributed by atoms with Crippen molar-refractivity contribution in [3.8, 4) is 0 Å². The van der Waals surface area contributed by atoms with Gasteiger partial charge in [-0.05, 0) is 19.1 Å². The number of nitrogens with zero attached hydrogens (tertiary/aromatic N) is 3. The number of hydrogen-bond donors (Lipinski definition) is 1. The van der Waals surface area contributed by atoms with Gasteiger partial charge < -0.3 is 15.0 Å². The minimum atomic E-state index is -0.250. The van der Waals surface area contributed by atoms with Crippen molar-refractivity contribution < 1.29 is 14.3 Å². The lowest BCUT2D eigenvalue weighted by molar-refractivity contribution is -0.121. The van der Waals surface area contributed by atoms with Gasteiger partial charge in [0.15, 0.2) is 0 Å². The number of hydrogen-bond acceptors (Lipinski definition) is 5. The number of pyridine rings is 1. The van der Waals surface area contributed by atoms with Crippen molar-refractivity contribution in [3.63, 3.8) is 0 Å². The predicted molar refractivity (Wildman–Crippen MR) is 85.7 cm³/mol. The number of nitrogens with one attached hydrogen (secondary N) is 1. The lowest BCUT2D eigenvalue weighted by Crippen LogP contribution is -2.49. The van der Waals surface area contributed by atoms with Crippen molar-refractivity contribution in [3.05, 3.63) is 30.1 Å². The van der Waals surface area contributed by atoms with Crippen LogP contribution in [0.3, 0.4) is 0 Å². The van der Waals surface area contributed by atoms with Crippen LogP contribution in [0, 0.1) is 0 Å². The topological polar surface area (TPSA) is 74.8 Å². The maximum absolute atomic E-state index is 11.9. The Kier molecular flexibility index (Phi) is 6.80. The number of carbonyl (C=O) groups excluding carboxylic acids is 2. The molecule has 1 fully saturated rings. The van der Waals surface area contributed by atoms with Gasteiger partial charge in [-0.1, -0.05) is 6.07 Å². The van der Waals surface area contributed by atoms with E-state index in [4.69, 9.17) is 4.74 Å². The Labute approximate surface area is 136 Å². The second kappa shape index (κ2) is 9.09. The summed E-state index contributed by atoms with van der Waals surface area (Å²) in [5.74, 6) is 0.0171. The summed E-state index contributed by atoms with van der Waals surface area (Å²) in [5, 5.41) is 2.87. The number of amides is 2. The normalized spacial score (nSPS) is 15.3. The third-order valence-electron chi connectivity index (χ3n) is 3.75. The van der Waals surface area contributed by atoms with Crippen LogP contribution in [0.15, 0.2) is 24.4 Å². The maximum Gasteiger partial charge on any atom is 0.409 e. The van der Waals surface area contributed by atoms with Crippen LogP contribution in [-0.4, -0.2) is 66.1 Å². The van der Waals surface area contributed by atoms with Crippen LogP contribution < -0.4 is 5.32 Å². The zero-order valence-corrected chi connectivity index (χ0v) is 13.5. The molecule has 1 saturated heterocycles. The van der Waals surface area contributed by atoms with E-state index < -0.39 is 0 Å². The van der Waals surface area contributed by atoms with Crippen LogP contribution in [0.1, 0.15) is 19.0 Å². The molecular weight excluding hydrogens is 296 g/mol. The first-order valence-corrected chi connectivity index (χ1v) is 7.99. The van der Waals surface area contributed by atoms with E-state index in [-0.39, 0.29) is 12.0 Å². The van der Waals surface area contributed by atoms with E-state index >= 15 is 0 Å². The van der Waals surface area contributed by atoms with Gasteiger partial charge in [-0.15, -0.1) is 0 Å². The summed E-state index contributed by atoms with van der Waals surface area (Å²) in [4.78, 5) is 31.5. The molecule has 2 amide bonds. The third-order valence-corrected chi connectivity index (χ3v) is 3.75. The van der Waals surface area contributed by atoms with E-state index in [2.05, 4.69) is 15.2 Å². The smallest absolute Gasteiger partial charge is 0.409 e. The van der Waals surface area contributed by atoms with E-state index in [9.17, 15) is 9.59 Å². The van der Waals surface area contributed by atoms with Gasteiger partial charge in [-0.25, -0.2) is 4.79 Å². The van der Waals surface area contributed by atoms with Gasteiger partial charge in [-0.2, -0.15) is 0 Å². The molecule has 2 heterocycles. The third kappa shape index (κ3) is 5.86. The zero-order valence-electron chi connectivity index (χ0n) is 13.5. The molecule has 0 atom stereocenters. The summed E-state index contributed by atoms with van der Waals surface area (Å²) in [6.45, 7) is 6.19. The molecule has 0 bridgehead atoms. The van der Waals surface area contributed by atoms with Gasteiger partial charge in [0.2, 0.25) is 5.91 Å². The van der Waals surface area contributed by atoms with Crippen LogP contribution in [0.4, 0.5) is 4.79 Å². The van der Waals surface area contributed by atoms with Gasteiger partial charge >= 0.3 is 6.09 Å². The molecule has 1 aromatic rings. The van der Waals surface area contributed by atoms with Crippen molar-refractivity contribution in [1.82, 2.24) is 20.1 Å². The van der Waals surface area contributed by atoms with Gasteiger partial charge in [0.05, 0.1) is 18.8 Å². The first-order chi connectivity index (χ1) is 11.2. The van der Waals surface area contributed by atoms with E-state index in [1.54, 1.807) is 18.0 Å². The summed E-state index contributed by atoms with van der Waals surface area (Å²) in [7, 11) is 0. The lowest BCUT2D eigenvalue weighted by atomic mass is 10.3. The molecule has 2 rings (SSSR count). The van der Waals surface area contributed by atoms with E-state index in [1.807, 2.05) is 18.2 Å². The summed E-state index contributed by atoms with van der Waals surface area (Å²) in [5.41, 5.74) is 0.851. The van der Waals surface area contributed by atoms with Crippen molar-refractivity contribution in [2.45, 2.75) is 19.9 Å². The largest absolute Gasteiger partial charge is 0.450 e. The molecule has 0 aromatic carbocycles. The Morgan fingerprint density at radius 1 is 1.26 bits per heavy atom. The molecule has 0 spiro atoms. The van der Waals surface area contributed by atoms with E-state index in [0.717, 1.165) is 18.8 Å². The second-order valence-corrected chi connectivity index (χ2v) is 5.38. The van der Waals surface area contributed by atoms with Crippen molar-refractivity contribution in [1.29, 1.82) is 0 Å². The Morgan fingerprint density at radius 3 is 2.70 bits per heavy atom. The highest BCUT2D eigenvalue weighted by Crippen LogP contribution is 2.04. The second-order valence-electron chi connectivity index (χ2n) is 5.38. The molecule has 7 heteroatoms. The SMILES string of the molecule is CCOC(=O)N1CCN(CCC(=O)NCc2ccccn2)CC1. The first kappa shape index (κ1) is 17.2. The molecule has 0 unspecified atom stereocenters. The average molecular weight is 320 g/mol. The van der Waals surface area contributed by atoms with E-state index in [0.29, 0.717) is 39.2 Å². The number of piperazine rings is 1. The molecule has 1 aliphatic heterocycles. The molecular formula is C16H24N4O3. The molecule has 23 heavy (non-hydrogen) atoms. The highest BCUT2D eigenvalue weighted by molar-refractivity contribution is 5.76. The summed E-state index contributed by atoms with van der Waals surface area (Å²) < 4.78 is 4.99. The van der Waals surface area contributed by atoms with Crippen LogP contribution in [0.5, 0.6) is 0 Å². The Bertz CT molecular complexity index is 501. The predicted octanol–water partition coefficient (Wildman–Crippen LogP) is 0.862. The Hall–Kier alpha value is -2.15. The van der Waals surface area contributed by atoms with Crippen molar-refractivity contribution >= 4 is 12.0 Å². The Balaban J connectivity index is 1.61. The van der Waals surface area contributed by atoms with Crippen LogP contribution in [-0.2, 0) is 16.1 Å². The molecule has 0 radical (unpaired) electrons. The van der Waals surface area contributed by atoms with Crippen molar-refractivity contribution in [2.75, 3.05) is 39.3 Å². The quantitative estimate of drug-likeness (QED) is 0.841. The molecule has 0 saturated carbocycles. The number of ether oxygens (including phenoxy) is 1. The number of rotatable bonds is 6. The summed E-state index contributed by atoms with van der Waals surface area (Å²) in [6, 6.07) is 5.63. The standard InChI is InChI=1S/C16H24N4O3/c1-2-23-16(22)20-11-9-19(10-12-20)8-6-15(21)18-13-14-5-3-4-7-17-14/h3-5,7H,2,6,8-13H2,1H3,(H,18,21). The monoisotopic (exact) mass is 320 g/mol. The fraction of sp³-hybridized carbons (Fsp3) is 0.562.